The van der Waals surface area contributed by atoms with Crippen LogP contribution in [-0.4, -0.2) is 37.0 Å². The lowest BCUT2D eigenvalue weighted by Crippen LogP contribution is -2.38. The summed E-state index contributed by atoms with van der Waals surface area (Å²) in [6.45, 7) is 6.06. The number of aliphatic hydroxyl groups is 1. The highest BCUT2D eigenvalue weighted by atomic mass is 16.5. The molecule has 0 aromatic carbocycles. The third kappa shape index (κ3) is 5.58. The molecular weight excluding hydrogens is 178 g/mol. The van der Waals surface area contributed by atoms with Gasteiger partial charge in [0.25, 0.3) is 0 Å². The summed E-state index contributed by atoms with van der Waals surface area (Å²) in [6.07, 6.45) is 3.59. The van der Waals surface area contributed by atoms with Crippen molar-refractivity contribution in [2.45, 2.75) is 45.2 Å². The first kappa shape index (κ1) is 12.0. The van der Waals surface area contributed by atoms with E-state index in [1.165, 1.54) is 12.8 Å². The Morgan fingerprint density at radius 1 is 1.43 bits per heavy atom. The van der Waals surface area contributed by atoms with Crippen LogP contribution in [0.25, 0.3) is 0 Å². The summed E-state index contributed by atoms with van der Waals surface area (Å²) in [5, 5.41) is 12.4. The predicted molar refractivity (Wildman–Crippen MR) is 57.3 cm³/mol. The minimum Gasteiger partial charge on any atom is -0.395 e. The minimum absolute atomic E-state index is 0.189. The Morgan fingerprint density at radius 3 is 2.64 bits per heavy atom. The van der Waals surface area contributed by atoms with Gasteiger partial charge in [-0.1, -0.05) is 13.8 Å². The maximum atomic E-state index is 9.08. The van der Waals surface area contributed by atoms with Gasteiger partial charge in [-0.3, -0.25) is 0 Å². The second kappa shape index (κ2) is 6.38. The van der Waals surface area contributed by atoms with Crippen molar-refractivity contribution in [2.75, 3.05) is 19.8 Å². The molecule has 1 saturated carbocycles. The third-order valence-electron chi connectivity index (χ3n) is 2.45. The van der Waals surface area contributed by atoms with E-state index in [9.17, 15) is 0 Å². The normalized spacial score (nSPS) is 18.9. The molecule has 14 heavy (non-hydrogen) atoms. The molecule has 3 nitrogen and oxygen atoms in total. The Morgan fingerprint density at radius 2 is 2.14 bits per heavy atom. The maximum absolute atomic E-state index is 9.08. The van der Waals surface area contributed by atoms with Crippen molar-refractivity contribution in [1.82, 2.24) is 5.32 Å². The van der Waals surface area contributed by atoms with E-state index in [0.717, 1.165) is 25.6 Å². The number of aliphatic hydroxyl groups excluding tert-OH is 1. The molecule has 1 aliphatic rings. The van der Waals surface area contributed by atoms with Gasteiger partial charge < -0.3 is 15.2 Å². The molecule has 0 amide bonds. The van der Waals surface area contributed by atoms with Crippen LogP contribution in [0.3, 0.4) is 0 Å². The zero-order valence-corrected chi connectivity index (χ0v) is 9.33. The average molecular weight is 201 g/mol. The number of hydrogen-bond acceptors (Lipinski definition) is 3. The van der Waals surface area contributed by atoms with E-state index in [-0.39, 0.29) is 12.6 Å². The summed E-state index contributed by atoms with van der Waals surface area (Å²) >= 11 is 0. The molecule has 0 radical (unpaired) electrons. The summed E-state index contributed by atoms with van der Waals surface area (Å²) < 4.78 is 5.52. The molecule has 0 saturated heterocycles. The quantitative estimate of drug-likeness (QED) is 0.579. The summed E-state index contributed by atoms with van der Waals surface area (Å²) in [7, 11) is 0. The molecule has 0 heterocycles. The first-order chi connectivity index (χ1) is 6.72. The summed E-state index contributed by atoms with van der Waals surface area (Å²) in [6, 6.07) is 0.616. The minimum atomic E-state index is 0.189. The summed E-state index contributed by atoms with van der Waals surface area (Å²) in [5.41, 5.74) is 0. The fourth-order valence-corrected chi connectivity index (χ4v) is 1.46. The van der Waals surface area contributed by atoms with Crippen LogP contribution in [0.4, 0.5) is 0 Å². The predicted octanol–water partition coefficient (Wildman–Crippen LogP) is 1.16. The molecule has 0 aliphatic heterocycles. The van der Waals surface area contributed by atoms with Crippen LogP contribution in [0.1, 0.15) is 33.1 Å². The van der Waals surface area contributed by atoms with Crippen molar-refractivity contribution in [1.29, 1.82) is 0 Å². The van der Waals surface area contributed by atoms with E-state index in [2.05, 4.69) is 19.2 Å². The van der Waals surface area contributed by atoms with Crippen molar-refractivity contribution < 1.29 is 9.84 Å². The molecule has 1 aliphatic carbocycles. The van der Waals surface area contributed by atoms with Crippen LogP contribution < -0.4 is 5.32 Å². The van der Waals surface area contributed by atoms with Gasteiger partial charge in [-0.15, -0.1) is 0 Å². The fraction of sp³-hybridized carbons (Fsp3) is 1.00. The first-order valence-corrected chi connectivity index (χ1v) is 5.67. The second-order valence-electron chi connectivity index (χ2n) is 4.51. The molecule has 3 heteroatoms. The number of ether oxygens (including phenoxy) is 1. The van der Waals surface area contributed by atoms with Gasteiger partial charge in [0.1, 0.15) is 0 Å². The average Bonchev–Trinajstić information content (AvgIpc) is 2.93. The van der Waals surface area contributed by atoms with Crippen molar-refractivity contribution >= 4 is 0 Å². The van der Waals surface area contributed by atoms with Crippen molar-refractivity contribution in [2.24, 2.45) is 5.92 Å². The Labute approximate surface area is 86.8 Å². The van der Waals surface area contributed by atoms with Gasteiger partial charge >= 0.3 is 0 Å². The van der Waals surface area contributed by atoms with E-state index in [1.807, 2.05) is 0 Å². The lowest BCUT2D eigenvalue weighted by molar-refractivity contribution is 0.104. The second-order valence-corrected chi connectivity index (χ2v) is 4.51. The van der Waals surface area contributed by atoms with Crippen LogP contribution in [0.15, 0.2) is 0 Å². The van der Waals surface area contributed by atoms with Gasteiger partial charge in [-0.05, 0) is 25.2 Å². The van der Waals surface area contributed by atoms with Gasteiger partial charge in [-0.25, -0.2) is 0 Å². The zero-order chi connectivity index (χ0) is 10.4. The molecule has 84 valence electrons. The highest BCUT2D eigenvalue weighted by molar-refractivity contribution is 4.72. The molecule has 1 atom stereocenters. The Kier molecular flexibility index (Phi) is 5.45. The number of rotatable bonds is 8. The standard InChI is InChI=1S/C11H23NO2/c1-9(2)12-11(7-13)5-6-14-8-10-3-4-10/h9-13H,3-8H2,1-2H3. The lowest BCUT2D eigenvalue weighted by Gasteiger charge is -2.18. The van der Waals surface area contributed by atoms with Crippen LogP contribution in [0.2, 0.25) is 0 Å². The SMILES string of the molecule is CC(C)NC(CO)CCOCC1CC1. The number of nitrogens with one attached hydrogen (secondary N) is 1. The van der Waals surface area contributed by atoms with E-state index in [0.29, 0.717) is 6.04 Å². The summed E-state index contributed by atoms with van der Waals surface area (Å²) in [5.74, 6) is 0.834. The smallest absolute Gasteiger partial charge is 0.0585 e. The Bertz CT molecular complexity index is 146. The summed E-state index contributed by atoms with van der Waals surface area (Å²) in [4.78, 5) is 0. The zero-order valence-electron chi connectivity index (χ0n) is 9.33. The monoisotopic (exact) mass is 201 g/mol. The maximum Gasteiger partial charge on any atom is 0.0585 e. The van der Waals surface area contributed by atoms with E-state index < -0.39 is 0 Å². The molecule has 1 rings (SSSR count). The van der Waals surface area contributed by atoms with Gasteiger partial charge in [-0.2, -0.15) is 0 Å². The van der Waals surface area contributed by atoms with Gasteiger partial charge in [0.15, 0.2) is 0 Å². The van der Waals surface area contributed by atoms with Gasteiger partial charge in [0.2, 0.25) is 0 Å². The largest absolute Gasteiger partial charge is 0.395 e. The highest BCUT2D eigenvalue weighted by Gasteiger charge is 2.21. The Hall–Kier alpha value is -0.120. The van der Waals surface area contributed by atoms with Crippen molar-refractivity contribution in [3.8, 4) is 0 Å². The third-order valence-corrected chi connectivity index (χ3v) is 2.45. The molecule has 1 fully saturated rings. The lowest BCUT2D eigenvalue weighted by atomic mass is 10.2. The molecule has 0 spiro atoms. The van der Waals surface area contributed by atoms with E-state index in [4.69, 9.17) is 9.84 Å². The topological polar surface area (TPSA) is 41.5 Å². The molecular formula is C11H23NO2. The highest BCUT2D eigenvalue weighted by Crippen LogP contribution is 2.28. The molecule has 1 unspecified atom stereocenters. The number of hydrogen-bond donors (Lipinski definition) is 2. The van der Waals surface area contributed by atoms with Crippen LogP contribution >= 0.6 is 0 Å². The Balaban J connectivity index is 1.95. The van der Waals surface area contributed by atoms with Crippen molar-refractivity contribution in [3.63, 3.8) is 0 Å². The van der Waals surface area contributed by atoms with Crippen LogP contribution in [0, 0.1) is 5.92 Å². The van der Waals surface area contributed by atoms with E-state index in [1.54, 1.807) is 0 Å². The molecule has 0 aromatic heterocycles. The first-order valence-electron chi connectivity index (χ1n) is 5.67. The molecule has 2 N–H and O–H groups in total. The van der Waals surface area contributed by atoms with Crippen LogP contribution in [-0.2, 0) is 4.74 Å². The van der Waals surface area contributed by atoms with Crippen LogP contribution in [0.5, 0.6) is 0 Å². The fourth-order valence-electron chi connectivity index (χ4n) is 1.46. The van der Waals surface area contributed by atoms with Gasteiger partial charge in [0, 0.05) is 25.3 Å². The molecule has 0 aromatic rings. The van der Waals surface area contributed by atoms with Crippen molar-refractivity contribution in [3.05, 3.63) is 0 Å². The molecule has 0 bridgehead atoms. The van der Waals surface area contributed by atoms with Gasteiger partial charge in [0.05, 0.1) is 6.61 Å². The van der Waals surface area contributed by atoms with E-state index >= 15 is 0 Å².